The van der Waals surface area contributed by atoms with Gasteiger partial charge < -0.3 is 16.2 Å². The predicted molar refractivity (Wildman–Crippen MR) is 58.3 cm³/mol. The zero-order valence-electron chi connectivity index (χ0n) is 7.34. The Labute approximate surface area is 91.5 Å². The summed E-state index contributed by atoms with van der Waals surface area (Å²) in [5.41, 5.74) is 5.32. The SMILES string of the molecule is NC(=S)Nc1ccc(S(=O)(=O)O)cc1O. The Hall–Kier alpha value is -1.38. The molecule has 0 aliphatic heterocycles. The van der Waals surface area contributed by atoms with Crippen molar-refractivity contribution in [1.29, 1.82) is 0 Å². The smallest absolute Gasteiger partial charge is 0.294 e. The van der Waals surface area contributed by atoms with Crippen LogP contribution in [0, 0.1) is 0 Å². The van der Waals surface area contributed by atoms with Crippen molar-refractivity contribution >= 4 is 33.1 Å². The number of hydrogen-bond donors (Lipinski definition) is 4. The summed E-state index contributed by atoms with van der Waals surface area (Å²) in [6.45, 7) is 0. The summed E-state index contributed by atoms with van der Waals surface area (Å²) < 4.78 is 30.1. The zero-order chi connectivity index (χ0) is 11.6. The minimum absolute atomic E-state index is 0.0649. The first-order valence-electron chi connectivity index (χ1n) is 3.67. The molecule has 0 aliphatic rings. The maximum absolute atomic E-state index is 10.7. The lowest BCUT2D eigenvalue weighted by Gasteiger charge is -2.06. The standard InChI is InChI=1S/C7H8N2O4S2/c8-7(14)9-5-2-1-4(3-6(5)10)15(11,12)13/h1-3,10H,(H3,8,9,14)(H,11,12,13). The van der Waals surface area contributed by atoms with Crippen molar-refractivity contribution in [2.24, 2.45) is 5.73 Å². The van der Waals surface area contributed by atoms with E-state index in [-0.39, 0.29) is 16.5 Å². The fourth-order valence-corrected chi connectivity index (χ4v) is 1.52. The van der Waals surface area contributed by atoms with Crippen molar-refractivity contribution in [3.8, 4) is 5.75 Å². The van der Waals surface area contributed by atoms with Crippen molar-refractivity contribution in [3.63, 3.8) is 0 Å². The summed E-state index contributed by atoms with van der Waals surface area (Å²) in [7, 11) is -4.32. The largest absolute Gasteiger partial charge is 0.506 e. The molecular formula is C7H8N2O4S2. The number of thiocarbonyl (C=S) groups is 1. The van der Waals surface area contributed by atoms with Crippen molar-refractivity contribution in [3.05, 3.63) is 18.2 Å². The van der Waals surface area contributed by atoms with Gasteiger partial charge in [-0.15, -0.1) is 0 Å². The van der Waals surface area contributed by atoms with Crippen LogP contribution in [0.3, 0.4) is 0 Å². The molecule has 5 N–H and O–H groups in total. The fraction of sp³-hybridized carbons (Fsp3) is 0. The van der Waals surface area contributed by atoms with E-state index >= 15 is 0 Å². The van der Waals surface area contributed by atoms with E-state index in [1.807, 2.05) is 0 Å². The van der Waals surface area contributed by atoms with Gasteiger partial charge in [0.15, 0.2) is 5.11 Å². The van der Waals surface area contributed by atoms with Gasteiger partial charge in [-0.3, -0.25) is 4.55 Å². The molecule has 15 heavy (non-hydrogen) atoms. The highest BCUT2D eigenvalue weighted by molar-refractivity contribution is 7.85. The Morgan fingerprint density at radius 1 is 1.47 bits per heavy atom. The average molecular weight is 248 g/mol. The molecule has 0 radical (unpaired) electrons. The molecule has 0 saturated carbocycles. The molecule has 0 aliphatic carbocycles. The molecular weight excluding hydrogens is 240 g/mol. The second-order valence-electron chi connectivity index (χ2n) is 2.64. The summed E-state index contributed by atoms with van der Waals surface area (Å²) in [5, 5.41) is 11.7. The lowest BCUT2D eigenvalue weighted by atomic mass is 10.3. The predicted octanol–water partition coefficient (Wildman–Crippen LogP) is 0.294. The lowest BCUT2D eigenvalue weighted by molar-refractivity contribution is 0.468. The third-order valence-electron chi connectivity index (χ3n) is 1.52. The molecule has 1 aromatic rings. The molecule has 0 aromatic heterocycles. The van der Waals surface area contributed by atoms with Crippen LogP contribution in [0.1, 0.15) is 0 Å². The molecule has 0 unspecified atom stereocenters. The number of aromatic hydroxyl groups is 1. The summed E-state index contributed by atoms with van der Waals surface area (Å²) >= 11 is 4.53. The Morgan fingerprint density at radius 3 is 2.47 bits per heavy atom. The summed E-state index contributed by atoms with van der Waals surface area (Å²) in [5.74, 6) is -0.377. The number of nitrogens with one attached hydrogen (secondary N) is 1. The van der Waals surface area contributed by atoms with Crippen molar-refractivity contribution < 1.29 is 18.1 Å². The van der Waals surface area contributed by atoms with Crippen molar-refractivity contribution in [2.45, 2.75) is 4.90 Å². The first-order chi connectivity index (χ1) is 6.80. The van der Waals surface area contributed by atoms with Crippen LogP contribution in [0.5, 0.6) is 5.75 Å². The van der Waals surface area contributed by atoms with Crippen molar-refractivity contribution in [2.75, 3.05) is 5.32 Å². The van der Waals surface area contributed by atoms with Crippen LogP contribution >= 0.6 is 12.2 Å². The number of benzene rings is 1. The van der Waals surface area contributed by atoms with E-state index in [0.29, 0.717) is 0 Å². The van der Waals surface area contributed by atoms with Crippen LogP contribution in [0.4, 0.5) is 5.69 Å². The third kappa shape index (κ3) is 3.05. The van der Waals surface area contributed by atoms with Crippen LogP contribution in [0.25, 0.3) is 0 Å². The van der Waals surface area contributed by atoms with E-state index in [1.165, 1.54) is 6.07 Å². The molecule has 1 aromatic carbocycles. The van der Waals surface area contributed by atoms with Gasteiger partial charge in [0.25, 0.3) is 10.1 Å². The molecule has 82 valence electrons. The molecule has 0 heterocycles. The van der Waals surface area contributed by atoms with Crippen LogP contribution in [-0.4, -0.2) is 23.2 Å². The molecule has 0 saturated heterocycles. The average Bonchev–Trinajstić information content (AvgIpc) is 2.05. The number of anilines is 1. The highest BCUT2D eigenvalue weighted by Gasteiger charge is 2.12. The van der Waals surface area contributed by atoms with Crippen LogP contribution in [-0.2, 0) is 10.1 Å². The van der Waals surface area contributed by atoms with Gasteiger partial charge in [-0.2, -0.15) is 8.42 Å². The van der Waals surface area contributed by atoms with Gasteiger partial charge in [-0.25, -0.2) is 0 Å². The van der Waals surface area contributed by atoms with Gasteiger partial charge in [0.2, 0.25) is 0 Å². The topological polar surface area (TPSA) is 113 Å². The first-order valence-corrected chi connectivity index (χ1v) is 5.52. The maximum Gasteiger partial charge on any atom is 0.294 e. The molecule has 0 atom stereocenters. The Bertz CT molecular complexity index is 498. The summed E-state index contributed by atoms with van der Waals surface area (Å²) in [6.07, 6.45) is 0. The number of nitrogens with two attached hydrogens (primary N) is 1. The summed E-state index contributed by atoms with van der Waals surface area (Å²) in [4.78, 5) is -0.409. The van der Waals surface area contributed by atoms with E-state index in [4.69, 9.17) is 10.3 Å². The number of hydrogen-bond acceptors (Lipinski definition) is 4. The Morgan fingerprint density at radius 2 is 2.07 bits per heavy atom. The Balaban J connectivity index is 3.15. The maximum atomic E-state index is 10.7. The van der Waals surface area contributed by atoms with E-state index in [1.54, 1.807) is 0 Å². The molecule has 0 fully saturated rings. The normalized spacial score (nSPS) is 11.0. The van der Waals surface area contributed by atoms with Gasteiger partial charge in [0.05, 0.1) is 10.6 Å². The minimum atomic E-state index is -4.32. The fourth-order valence-electron chi connectivity index (χ4n) is 0.910. The van der Waals surface area contributed by atoms with Gasteiger partial charge >= 0.3 is 0 Å². The van der Waals surface area contributed by atoms with E-state index in [9.17, 15) is 13.5 Å². The van der Waals surface area contributed by atoms with Crippen LogP contribution < -0.4 is 11.1 Å². The molecule has 0 amide bonds. The number of rotatable bonds is 2. The van der Waals surface area contributed by atoms with Gasteiger partial charge in [0, 0.05) is 6.07 Å². The first kappa shape index (κ1) is 11.7. The Kier molecular flexibility index (Phi) is 3.12. The van der Waals surface area contributed by atoms with Gasteiger partial charge in [-0.1, -0.05) is 0 Å². The number of phenolic OH excluding ortho intramolecular Hbond substituents is 1. The molecule has 0 bridgehead atoms. The van der Waals surface area contributed by atoms with Crippen LogP contribution in [0.15, 0.2) is 23.1 Å². The highest BCUT2D eigenvalue weighted by atomic mass is 32.2. The quantitative estimate of drug-likeness (QED) is 0.338. The molecule has 0 spiro atoms. The second kappa shape index (κ2) is 4.01. The zero-order valence-corrected chi connectivity index (χ0v) is 8.97. The van der Waals surface area contributed by atoms with Gasteiger partial charge in [-0.05, 0) is 24.4 Å². The molecule has 8 heteroatoms. The van der Waals surface area contributed by atoms with Crippen LogP contribution in [0.2, 0.25) is 0 Å². The van der Waals surface area contributed by atoms with Gasteiger partial charge in [0.1, 0.15) is 5.75 Å². The van der Waals surface area contributed by atoms with E-state index in [2.05, 4.69) is 17.5 Å². The molecule has 1 rings (SSSR count). The summed E-state index contributed by atoms with van der Waals surface area (Å²) in [6, 6.07) is 3.23. The lowest BCUT2D eigenvalue weighted by Crippen LogP contribution is -2.18. The third-order valence-corrected chi connectivity index (χ3v) is 2.48. The minimum Gasteiger partial charge on any atom is -0.506 e. The van der Waals surface area contributed by atoms with E-state index < -0.39 is 15.0 Å². The van der Waals surface area contributed by atoms with Crippen molar-refractivity contribution in [1.82, 2.24) is 0 Å². The number of phenols is 1. The van der Waals surface area contributed by atoms with E-state index in [0.717, 1.165) is 12.1 Å². The highest BCUT2D eigenvalue weighted by Crippen LogP contribution is 2.25. The second-order valence-corrected chi connectivity index (χ2v) is 4.50. The molecule has 6 nitrogen and oxygen atoms in total. The monoisotopic (exact) mass is 248 g/mol.